The number of anilines is 1. The van der Waals surface area contributed by atoms with Gasteiger partial charge in [-0.25, -0.2) is 8.78 Å². The van der Waals surface area contributed by atoms with Crippen LogP contribution in [0.1, 0.15) is 12.0 Å². The van der Waals surface area contributed by atoms with Crippen molar-refractivity contribution in [1.29, 1.82) is 5.26 Å². The molecule has 0 saturated heterocycles. The van der Waals surface area contributed by atoms with Crippen LogP contribution in [-0.2, 0) is 20.7 Å². The van der Waals surface area contributed by atoms with Gasteiger partial charge < -0.3 is 10.1 Å². The first-order valence-electron chi connectivity index (χ1n) is 7.97. The summed E-state index contributed by atoms with van der Waals surface area (Å²) < 4.78 is 30.8. The second kappa shape index (κ2) is 10.3. The van der Waals surface area contributed by atoms with Crippen LogP contribution < -0.4 is 5.32 Å². The zero-order valence-electron chi connectivity index (χ0n) is 14.2. The van der Waals surface area contributed by atoms with E-state index < -0.39 is 30.1 Å². The van der Waals surface area contributed by atoms with Crippen LogP contribution in [0.3, 0.4) is 0 Å². The molecular weight excluding hydrogens is 374 g/mol. The first kappa shape index (κ1) is 20.4. The molecule has 0 atom stereocenters. The smallest absolute Gasteiger partial charge is 0.307 e. The molecule has 0 heterocycles. The van der Waals surface area contributed by atoms with Crippen molar-refractivity contribution in [3.63, 3.8) is 0 Å². The van der Waals surface area contributed by atoms with Gasteiger partial charge in [0, 0.05) is 16.3 Å². The largest absolute Gasteiger partial charge is 0.456 e. The summed E-state index contributed by atoms with van der Waals surface area (Å²) in [5.41, 5.74) is 1.37. The number of amides is 1. The third kappa shape index (κ3) is 7.07. The number of esters is 1. The Morgan fingerprint density at radius 3 is 2.52 bits per heavy atom. The summed E-state index contributed by atoms with van der Waals surface area (Å²) >= 11 is 1.18. The number of thioether (sulfide) groups is 1. The molecule has 5 nitrogen and oxygen atoms in total. The van der Waals surface area contributed by atoms with Crippen molar-refractivity contribution in [2.45, 2.75) is 17.7 Å². The lowest BCUT2D eigenvalue weighted by atomic mass is 10.1. The molecule has 0 unspecified atom stereocenters. The lowest BCUT2D eigenvalue weighted by molar-refractivity contribution is -0.146. The maximum Gasteiger partial charge on any atom is 0.307 e. The van der Waals surface area contributed by atoms with Crippen LogP contribution in [0.4, 0.5) is 14.5 Å². The summed E-state index contributed by atoms with van der Waals surface area (Å²) in [6.07, 6.45) is 0.314. The first-order valence-corrected chi connectivity index (χ1v) is 8.95. The Labute approximate surface area is 159 Å². The van der Waals surface area contributed by atoms with Crippen molar-refractivity contribution in [1.82, 2.24) is 0 Å². The van der Waals surface area contributed by atoms with E-state index in [2.05, 4.69) is 5.32 Å². The van der Waals surface area contributed by atoms with Crippen LogP contribution in [-0.4, -0.2) is 24.2 Å². The number of carbonyl (C=O) groups is 2. The van der Waals surface area contributed by atoms with E-state index in [1.165, 1.54) is 17.8 Å². The molecule has 0 aliphatic carbocycles. The number of nitriles is 1. The van der Waals surface area contributed by atoms with Crippen LogP contribution in [0.5, 0.6) is 0 Å². The fourth-order valence-electron chi connectivity index (χ4n) is 2.03. The van der Waals surface area contributed by atoms with E-state index >= 15 is 0 Å². The van der Waals surface area contributed by atoms with Gasteiger partial charge in [-0.1, -0.05) is 12.1 Å². The number of carbonyl (C=O) groups excluding carboxylic acids is 2. The number of hydrogen-bond acceptors (Lipinski definition) is 5. The van der Waals surface area contributed by atoms with Crippen LogP contribution >= 0.6 is 11.8 Å². The number of halogens is 2. The Balaban J connectivity index is 1.67. The molecule has 1 N–H and O–H groups in total. The summed E-state index contributed by atoms with van der Waals surface area (Å²) in [4.78, 5) is 23.9. The molecule has 2 rings (SSSR count). The van der Waals surface area contributed by atoms with Crippen LogP contribution in [0.25, 0.3) is 0 Å². The summed E-state index contributed by atoms with van der Waals surface area (Å²) in [5.74, 6) is -2.61. The van der Waals surface area contributed by atoms with E-state index in [0.29, 0.717) is 16.3 Å². The molecule has 2 aromatic carbocycles. The van der Waals surface area contributed by atoms with E-state index in [-0.39, 0.29) is 12.8 Å². The van der Waals surface area contributed by atoms with Crippen LogP contribution in [0, 0.1) is 23.0 Å². The number of benzene rings is 2. The number of rotatable bonds is 8. The molecule has 1 amide bonds. The average molecular weight is 390 g/mol. The number of nitrogens with one attached hydrogen (secondary N) is 1. The zero-order chi connectivity index (χ0) is 19.6. The highest BCUT2D eigenvalue weighted by Gasteiger charge is 2.09. The Morgan fingerprint density at radius 2 is 1.85 bits per heavy atom. The van der Waals surface area contributed by atoms with Gasteiger partial charge in [-0.15, -0.1) is 11.8 Å². The monoisotopic (exact) mass is 390 g/mol. The Morgan fingerprint density at radius 1 is 1.11 bits per heavy atom. The lowest BCUT2D eigenvalue weighted by Gasteiger charge is -2.07. The van der Waals surface area contributed by atoms with Gasteiger partial charge in [-0.2, -0.15) is 5.26 Å². The molecule has 0 aliphatic heterocycles. The second-order valence-electron chi connectivity index (χ2n) is 5.42. The first-order chi connectivity index (χ1) is 13.0. The third-order valence-corrected chi connectivity index (χ3v) is 4.35. The Hall–Kier alpha value is -2.92. The topological polar surface area (TPSA) is 79.2 Å². The predicted octanol–water partition coefficient (Wildman–Crippen LogP) is 3.69. The Kier molecular flexibility index (Phi) is 7.77. The van der Waals surface area contributed by atoms with Gasteiger partial charge in [0.25, 0.3) is 5.91 Å². The minimum atomic E-state index is -0.945. The van der Waals surface area contributed by atoms with Crippen LogP contribution in [0.2, 0.25) is 0 Å². The Bertz CT molecular complexity index is 851. The summed E-state index contributed by atoms with van der Waals surface area (Å²) in [5, 5.41) is 11.2. The van der Waals surface area contributed by atoms with Crippen molar-refractivity contribution in [2.75, 3.05) is 17.7 Å². The molecule has 0 radical (unpaired) electrons. The fourth-order valence-corrected chi connectivity index (χ4v) is 2.89. The maximum atomic E-state index is 13.1. The molecular formula is C19H16F2N2O3S. The van der Waals surface area contributed by atoms with Crippen LogP contribution in [0.15, 0.2) is 47.4 Å². The second-order valence-corrected chi connectivity index (χ2v) is 6.58. The number of nitrogens with zero attached hydrogens (tertiary/aromatic N) is 1. The van der Waals surface area contributed by atoms with Gasteiger partial charge in [0.1, 0.15) is 0 Å². The highest BCUT2D eigenvalue weighted by Crippen LogP contribution is 2.21. The number of ether oxygens (including phenoxy) is 1. The van der Waals surface area contributed by atoms with Gasteiger partial charge in [0.2, 0.25) is 0 Å². The van der Waals surface area contributed by atoms with E-state index in [4.69, 9.17) is 10.00 Å². The normalized spacial score (nSPS) is 10.1. The minimum absolute atomic E-state index is 0.0276. The molecule has 0 saturated carbocycles. The maximum absolute atomic E-state index is 13.1. The molecule has 140 valence electrons. The molecule has 27 heavy (non-hydrogen) atoms. The summed E-state index contributed by atoms with van der Waals surface area (Å²) in [6, 6.07) is 12.3. The van der Waals surface area contributed by atoms with Crippen molar-refractivity contribution < 1.29 is 23.1 Å². The van der Waals surface area contributed by atoms with Gasteiger partial charge >= 0.3 is 5.97 Å². The average Bonchev–Trinajstić information content (AvgIpc) is 2.65. The van der Waals surface area contributed by atoms with E-state index in [0.717, 1.165) is 17.7 Å². The van der Waals surface area contributed by atoms with E-state index in [1.807, 2.05) is 6.07 Å². The molecule has 0 aliphatic rings. The van der Waals surface area contributed by atoms with Gasteiger partial charge in [-0.05, 0) is 35.9 Å². The number of hydrogen-bond donors (Lipinski definition) is 1. The highest BCUT2D eigenvalue weighted by atomic mass is 32.2. The van der Waals surface area contributed by atoms with Crippen molar-refractivity contribution in [3.8, 4) is 6.07 Å². The van der Waals surface area contributed by atoms with Gasteiger partial charge in [0.15, 0.2) is 18.2 Å². The summed E-state index contributed by atoms with van der Waals surface area (Å²) in [7, 11) is 0. The molecule has 0 fully saturated rings. The van der Waals surface area contributed by atoms with Crippen molar-refractivity contribution in [3.05, 3.63) is 59.7 Å². The quantitative estimate of drug-likeness (QED) is 0.549. The molecule has 0 bridgehead atoms. The van der Waals surface area contributed by atoms with Gasteiger partial charge in [-0.3, -0.25) is 9.59 Å². The van der Waals surface area contributed by atoms with Crippen molar-refractivity contribution >= 4 is 29.3 Å². The van der Waals surface area contributed by atoms with E-state index in [9.17, 15) is 18.4 Å². The molecule has 0 spiro atoms. The molecule has 8 heteroatoms. The van der Waals surface area contributed by atoms with E-state index in [1.54, 1.807) is 24.3 Å². The van der Waals surface area contributed by atoms with Crippen molar-refractivity contribution in [2.24, 2.45) is 0 Å². The fraction of sp³-hybridized carbons (Fsp3) is 0.211. The standard InChI is InChI=1S/C19H16F2N2O3S/c20-16-6-5-15(11-17(16)21)27-10-8-19(25)26-12-18(24)23-14-3-1-13(2-4-14)7-9-22/h1-6,11H,7-8,10,12H2,(H,23,24). The summed E-state index contributed by atoms with van der Waals surface area (Å²) in [6.45, 7) is -0.422. The highest BCUT2D eigenvalue weighted by molar-refractivity contribution is 7.99. The predicted molar refractivity (Wildman–Crippen MR) is 97.0 cm³/mol. The molecule has 0 aromatic heterocycles. The third-order valence-electron chi connectivity index (χ3n) is 3.35. The SMILES string of the molecule is N#CCc1ccc(NC(=O)COC(=O)CCSc2ccc(F)c(F)c2)cc1. The lowest BCUT2D eigenvalue weighted by Crippen LogP contribution is -2.21. The minimum Gasteiger partial charge on any atom is -0.456 e. The molecule has 2 aromatic rings. The van der Waals surface area contributed by atoms with Gasteiger partial charge in [0.05, 0.1) is 18.9 Å². The zero-order valence-corrected chi connectivity index (χ0v) is 15.0.